The number of carbonyl (C=O) groups excluding carboxylic acids is 1. The number of anilines is 1. The average Bonchev–Trinajstić information content (AvgIpc) is 3.30. The van der Waals surface area contributed by atoms with Crippen molar-refractivity contribution >= 4 is 21.6 Å². The lowest BCUT2D eigenvalue weighted by atomic mass is 10.0. The number of carbonyl (C=O) groups is 1. The lowest BCUT2D eigenvalue weighted by molar-refractivity contribution is 0.0735. The summed E-state index contributed by atoms with van der Waals surface area (Å²) in [6.45, 7) is 3.07. The van der Waals surface area contributed by atoms with Gasteiger partial charge in [-0.15, -0.1) is 0 Å². The zero-order valence-corrected chi connectivity index (χ0v) is 18.7. The van der Waals surface area contributed by atoms with Crippen molar-refractivity contribution < 1.29 is 17.9 Å². The van der Waals surface area contributed by atoms with Crippen LogP contribution in [0.15, 0.2) is 83.8 Å². The maximum absolute atomic E-state index is 13.3. The summed E-state index contributed by atoms with van der Waals surface area (Å²) in [6.07, 6.45) is 1.82. The Morgan fingerprint density at radius 3 is 2.50 bits per heavy atom. The molecule has 3 aromatic carbocycles. The molecular weight excluding hydrogens is 424 g/mol. The molecule has 1 aliphatic rings. The Morgan fingerprint density at radius 1 is 1.03 bits per heavy atom. The summed E-state index contributed by atoms with van der Waals surface area (Å²) in [5.41, 5.74) is 1.88. The van der Waals surface area contributed by atoms with Gasteiger partial charge in [-0.3, -0.25) is 9.52 Å². The number of nitrogens with zero attached hydrogens (tertiary/aromatic N) is 1. The smallest absolute Gasteiger partial charge is 0.261 e. The van der Waals surface area contributed by atoms with E-state index in [0.717, 1.165) is 18.4 Å². The molecule has 0 radical (unpaired) electrons. The fourth-order valence-corrected chi connectivity index (χ4v) is 5.10. The number of hydrogen-bond donors (Lipinski definition) is 1. The lowest BCUT2D eigenvalue weighted by Crippen LogP contribution is -2.30. The molecule has 1 N–H and O–H groups in total. The van der Waals surface area contributed by atoms with Crippen molar-refractivity contribution in [3.63, 3.8) is 0 Å². The number of likely N-dealkylation sites (tertiary alicyclic amines) is 1. The van der Waals surface area contributed by atoms with Crippen LogP contribution in [0.4, 0.5) is 5.69 Å². The van der Waals surface area contributed by atoms with Gasteiger partial charge in [0.2, 0.25) is 0 Å². The van der Waals surface area contributed by atoms with E-state index in [1.807, 2.05) is 42.2 Å². The second kappa shape index (κ2) is 9.44. The van der Waals surface area contributed by atoms with E-state index in [0.29, 0.717) is 30.2 Å². The van der Waals surface area contributed by atoms with Crippen LogP contribution in [0, 0.1) is 0 Å². The number of rotatable bonds is 7. The molecule has 1 heterocycles. The first-order valence-corrected chi connectivity index (χ1v) is 12.2. The summed E-state index contributed by atoms with van der Waals surface area (Å²) in [5, 5.41) is 0. The first-order valence-electron chi connectivity index (χ1n) is 10.7. The summed E-state index contributed by atoms with van der Waals surface area (Å²) < 4.78 is 33.8. The van der Waals surface area contributed by atoms with Gasteiger partial charge >= 0.3 is 0 Å². The van der Waals surface area contributed by atoms with Crippen LogP contribution in [0.3, 0.4) is 0 Å². The largest absolute Gasteiger partial charge is 0.494 e. The van der Waals surface area contributed by atoms with Gasteiger partial charge in [0.25, 0.3) is 15.9 Å². The highest BCUT2D eigenvalue weighted by Gasteiger charge is 2.31. The Morgan fingerprint density at radius 2 is 1.78 bits per heavy atom. The number of ether oxygens (including phenoxy) is 1. The van der Waals surface area contributed by atoms with Crippen LogP contribution in [0.2, 0.25) is 0 Å². The first-order chi connectivity index (χ1) is 15.5. The molecular formula is C25H26N2O4S. The fraction of sp³-hybridized carbons (Fsp3) is 0.240. The van der Waals surface area contributed by atoms with Crippen molar-refractivity contribution in [1.82, 2.24) is 4.90 Å². The number of benzene rings is 3. The van der Waals surface area contributed by atoms with E-state index in [1.54, 1.807) is 36.4 Å². The zero-order chi connectivity index (χ0) is 22.6. The number of amides is 1. The Kier molecular flexibility index (Phi) is 6.46. The highest BCUT2D eigenvalue weighted by Crippen LogP contribution is 2.33. The van der Waals surface area contributed by atoms with E-state index in [9.17, 15) is 13.2 Å². The van der Waals surface area contributed by atoms with Gasteiger partial charge in [-0.05, 0) is 67.8 Å². The van der Waals surface area contributed by atoms with Gasteiger partial charge in [0.05, 0.1) is 17.5 Å². The van der Waals surface area contributed by atoms with Gasteiger partial charge in [0.15, 0.2) is 0 Å². The number of nitrogens with one attached hydrogen (secondary N) is 1. The van der Waals surface area contributed by atoms with Gasteiger partial charge in [-0.2, -0.15) is 0 Å². The molecule has 4 rings (SSSR count). The van der Waals surface area contributed by atoms with Crippen molar-refractivity contribution in [2.75, 3.05) is 17.9 Å². The summed E-state index contributed by atoms with van der Waals surface area (Å²) in [4.78, 5) is 15.1. The topological polar surface area (TPSA) is 75.7 Å². The Bertz CT molecular complexity index is 1180. The monoisotopic (exact) mass is 450 g/mol. The van der Waals surface area contributed by atoms with E-state index in [4.69, 9.17) is 4.74 Å². The van der Waals surface area contributed by atoms with E-state index < -0.39 is 10.0 Å². The predicted molar refractivity (Wildman–Crippen MR) is 124 cm³/mol. The summed E-state index contributed by atoms with van der Waals surface area (Å²) in [6, 6.07) is 22.9. The first kappa shape index (κ1) is 21.9. The molecule has 1 saturated heterocycles. The molecule has 0 spiro atoms. The number of sulfonamides is 1. The molecule has 7 heteroatoms. The maximum atomic E-state index is 13.3. The SMILES string of the molecule is CCOc1ccc(NS(=O)(=O)c2cccc(C(=O)N3CCCC3c3ccccc3)c2)cc1. The Hall–Kier alpha value is -3.32. The highest BCUT2D eigenvalue weighted by atomic mass is 32.2. The number of hydrogen-bond acceptors (Lipinski definition) is 4. The van der Waals surface area contributed by atoms with Crippen LogP contribution in [0.1, 0.15) is 41.7 Å². The van der Waals surface area contributed by atoms with Crippen molar-refractivity contribution in [3.05, 3.63) is 90.0 Å². The van der Waals surface area contributed by atoms with Crippen molar-refractivity contribution in [2.24, 2.45) is 0 Å². The summed E-state index contributed by atoms with van der Waals surface area (Å²) in [7, 11) is -3.85. The van der Waals surface area contributed by atoms with Crippen LogP contribution in [-0.2, 0) is 10.0 Å². The Balaban J connectivity index is 1.54. The third kappa shape index (κ3) is 4.78. The van der Waals surface area contributed by atoms with Crippen LogP contribution >= 0.6 is 0 Å². The molecule has 1 aliphatic heterocycles. The summed E-state index contributed by atoms with van der Waals surface area (Å²) >= 11 is 0. The predicted octanol–water partition coefficient (Wildman–Crippen LogP) is 4.86. The quantitative estimate of drug-likeness (QED) is 0.558. The van der Waals surface area contributed by atoms with E-state index in [-0.39, 0.29) is 16.8 Å². The van der Waals surface area contributed by atoms with Crippen LogP contribution in [-0.4, -0.2) is 32.4 Å². The molecule has 1 fully saturated rings. The lowest BCUT2D eigenvalue weighted by Gasteiger charge is -2.25. The van der Waals surface area contributed by atoms with E-state index in [2.05, 4.69) is 4.72 Å². The zero-order valence-electron chi connectivity index (χ0n) is 17.9. The van der Waals surface area contributed by atoms with Crippen molar-refractivity contribution in [1.29, 1.82) is 0 Å². The molecule has 0 aromatic heterocycles. The summed E-state index contributed by atoms with van der Waals surface area (Å²) in [5.74, 6) is 0.510. The molecule has 3 aromatic rings. The fourth-order valence-electron chi connectivity index (χ4n) is 3.99. The molecule has 1 unspecified atom stereocenters. The minimum atomic E-state index is -3.85. The molecule has 0 bridgehead atoms. The van der Waals surface area contributed by atoms with Gasteiger partial charge < -0.3 is 9.64 Å². The second-order valence-corrected chi connectivity index (χ2v) is 9.34. The Labute approximate surface area is 188 Å². The molecule has 0 saturated carbocycles. The standard InChI is InChI=1S/C25H26N2O4S/c1-2-31-22-15-13-21(14-16-22)26-32(29,30)23-11-6-10-20(18-23)25(28)27-17-7-12-24(27)19-8-4-3-5-9-19/h3-6,8-11,13-16,18,24,26H,2,7,12,17H2,1H3. The van der Waals surface area contributed by atoms with Crippen LogP contribution in [0.25, 0.3) is 0 Å². The molecule has 1 atom stereocenters. The maximum Gasteiger partial charge on any atom is 0.261 e. The van der Waals surface area contributed by atoms with Gasteiger partial charge in [-0.25, -0.2) is 8.42 Å². The molecule has 32 heavy (non-hydrogen) atoms. The third-order valence-electron chi connectivity index (χ3n) is 5.51. The highest BCUT2D eigenvalue weighted by molar-refractivity contribution is 7.92. The van der Waals surface area contributed by atoms with Crippen molar-refractivity contribution in [3.8, 4) is 5.75 Å². The molecule has 166 valence electrons. The minimum absolute atomic E-state index is 0.00550. The van der Waals surface area contributed by atoms with Gasteiger partial charge in [0, 0.05) is 17.8 Å². The molecule has 1 amide bonds. The third-order valence-corrected chi connectivity index (χ3v) is 6.89. The average molecular weight is 451 g/mol. The minimum Gasteiger partial charge on any atom is -0.494 e. The van der Waals surface area contributed by atoms with Crippen LogP contribution in [0.5, 0.6) is 5.75 Å². The molecule has 0 aliphatic carbocycles. The normalized spacial score (nSPS) is 16.0. The van der Waals surface area contributed by atoms with Gasteiger partial charge in [-0.1, -0.05) is 36.4 Å². The van der Waals surface area contributed by atoms with E-state index in [1.165, 1.54) is 12.1 Å². The molecule has 6 nitrogen and oxygen atoms in total. The van der Waals surface area contributed by atoms with Crippen LogP contribution < -0.4 is 9.46 Å². The van der Waals surface area contributed by atoms with Crippen molar-refractivity contribution in [2.45, 2.75) is 30.7 Å². The van der Waals surface area contributed by atoms with E-state index >= 15 is 0 Å². The second-order valence-electron chi connectivity index (χ2n) is 7.66. The van der Waals surface area contributed by atoms with Gasteiger partial charge in [0.1, 0.15) is 5.75 Å².